The fourth-order valence-corrected chi connectivity index (χ4v) is 2.43. The van der Waals surface area contributed by atoms with Crippen LogP contribution in [0, 0.1) is 11.3 Å². The number of rotatable bonds is 5. The van der Waals surface area contributed by atoms with Crippen molar-refractivity contribution in [3.63, 3.8) is 0 Å². The number of likely N-dealkylation sites (N-methyl/N-ethyl adjacent to an activating group) is 1. The number of benzene rings is 1. The molecule has 1 aliphatic heterocycles. The van der Waals surface area contributed by atoms with Gasteiger partial charge in [-0.05, 0) is 43.6 Å². The van der Waals surface area contributed by atoms with Gasteiger partial charge in [0.05, 0.1) is 18.1 Å². The first kappa shape index (κ1) is 14.5. The summed E-state index contributed by atoms with van der Waals surface area (Å²) in [5.41, 5.74) is 1.59. The van der Waals surface area contributed by atoms with E-state index in [1.54, 1.807) is 17.0 Å². The number of amides is 1. The summed E-state index contributed by atoms with van der Waals surface area (Å²) in [4.78, 5) is 16.3. The lowest BCUT2D eigenvalue weighted by Crippen LogP contribution is -2.35. The van der Waals surface area contributed by atoms with E-state index in [9.17, 15) is 4.79 Å². The Hall–Kier alpha value is -1.86. The summed E-state index contributed by atoms with van der Waals surface area (Å²) in [6, 6.07) is 9.30. The number of hydrogen-bond donors (Lipinski definition) is 0. The summed E-state index contributed by atoms with van der Waals surface area (Å²) in [5, 5.41) is 8.74. The molecule has 4 heteroatoms. The summed E-state index contributed by atoms with van der Waals surface area (Å²) in [7, 11) is 1.86. The van der Waals surface area contributed by atoms with Gasteiger partial charge in [-0.25, -0.2) is 0 Å². The molecule has 2 rings (SSSR count). The molecule has 0 N–H and O–H groups in total. The van der Waals surface area contributed by atoms with Crippen LogP contribution in [0.15, 0.2) is 24.3 Å². The van der Waals surface area contributed by atoms with E-state index >= 15 is 0 Å². The third-order valence-corrected chi connectivity index (χ3v) is 3.81. The molecule has 0 aliphatic carbocycles. The van der Waals surface area contributed by atoms with E-state index in [0.717, 1.165) is 31.7 Å². The highest BCUT2D eigenvalue weighted by molar-refractivity contribution is 5.78. The van der Waals surface area contributed by atoms with Crippen LogP contribution < -0.4 is 0 Å². The minimum absolute atomic E-state index is 0.133. The molecule has 1 saturated heterocycles. The van der Waals surface area contributed by atoms with Gasteiger partial charge in [0.2, 0.25) is 5.91 Å². The lowest BCUT2D eigenvalue weighted by atomic mass is 10.1. The van der Waals surface area contributed by atoms with Crippen LogP contribution in [0.3, 0.4) is 0 Å². The van der Waals surface area contributed by atoms with Gasteiger partial charge >= 0.3 is 0 Å². The van der Waals surface area contributed by atoms with Gasteiger partial charge < -0.3 is 9.80 Å². The third kappa shape index (κ3) is 4.07. The first-order valence-electron chi connectivity index (χ1n) is 7.14. The highest BCUT2D eigenvalue weighted by atomic mass is 16.2. The number of nitriles is 1. The molecule has 20 heavy (non-hydrogen) atoms. The second-order valence-electron chi connectivity index (χ2n) is 5.35. The Morgan fingerprint density at radius 1 is 1.30 bits per heavy atom. The molecule has 0 atom stereocenters. The van der Waals surface area contributed by atoms with Gasteiger partial charge in [-0.1, -0.05) is 12.1 Å². The predicted molar refractivity (Wildman–Crippen MR) is 78.2 cm³/mol. The van der Waals surface area contributed by atoms with Gasteiger partial charge in [-0.15, -0.1) is 0 Å². The van der Waals surface area contributed by atoms with E-state index in [1.807, 2.05) is 19.2 Å². The zero-order valence-corrected chi connectivity index (χ0v) is 12.0. The summed E-state index contributed by atoms with van der Waals surface area (Å²) >= 11 is 0. The number of hydrogen-bond acceptors (Lipinski definition) is 3. The first-order valence-corrected chi connectivity index (χ1v) is 7.14. The normalized spacial score (nSPS) is 15.0. The second-order valence-corrected chi connectivity index (χ2v) is 5.35. The molecular weight excluding hydrogens is 250 g/mol. The fraction of sp³-hybridized carbons (Fsp3) is 0.500. The van der Waals surface area contributed by atoms with E-state index in [1.165, 1.54) is 12.8 Å². The molecule has 0 radical (unpaired) electrons. The Kier molecular flexibility index (Phi) is 5.14. The number of carbonyl (C=O) groups excluding carboxylic acids is 1. The summed E-state index contributed by atoms with van der Waals surface area (Å²) < 4.78 is 0. The highest BCUT2D eigenvalue weighted by Crippen LogP contribution is 2.08. The maximum absolute atomic E-state index is 12.1. The number of nitrogens with zero attached hydrogens (tertiary/aromatic N) is 3. The predicted octanol–water partition coefficient (Wildman–Crippen LogP) is 1.65. The molecule has 0 unspecified atom stereocenters. The minimum Gasteiger partial charge on any atom is -0.344 e. The van der Waals surface area contributed by atoms with Crippen molar-refractivity contribution in [2.75, 3.05) is 33.2 Å². The average Bonchev–Trinajstić information content (AvgIpc) is 2.98. The first-order chi connectivity index (χ1) is 9.69. The summed E-state index contributed by atoms with van der Waals surface area (Å²) in [5.74, 6) is 0.133. The Bertz CT molecular complexity index is 483. The van der Waals surface area contributed by atoms with Crippen LogP contribution >= 0.6 is 0 Å². The van der Waals surface area contributed by atoms with Gasteiger partial charge in [0, 0.05) is 20.1 Å². The average molecular weight is 271 g/mol. The standard InChI is InChI=1S/C16H21N3O/c1-18(10-11-19-8-2-3-9-19)16(20)12-14-4-6-15(13-17)7-5-14/h4-7H,2-3,8-12H2,1H3. The zero-order valence-electron chi connectivity index (χ0n) is 12.0. The Morgan fingerprint density at radius 2 is 1.95 bits per heavy atom. The van der Waals surface area contributed by atoms with Crippen molar-refractivity contribution >= 4 is 5.91 Å². The molecule has 1 amide bonds. The summed E-state index contributed by atoms with van der Waals surface area (Å²) in [6.07, 6.45) is 2.97. The van der Waals surface area contributed by atoms with Crippen LogP contribution in [0.4, 0.5) is 0 Å². The lowest BCUT2D eigenvalue weighted by molar-refractivity contribution is -0.129. The lowest BCUT2D eigenvalue weighted by Gasteiger charge is -2.21. The molecule has 0 saturated carbocycles. The van der Waals surface area contributed by atoms with Crippen molar-refractivity contribution in [1.82, 2.24) is 9.80 Å². The molecule has 4 nitrogen and oxygen atoms in total. The molecule has 1 heterocycles. The Balaban J connectivity index is 1.79. The quantitative estimate of drug-likeness (QED) is 0.818. The topological polar surface area (TPSA) is 47.3 Å². The molecule has 1 aliphatic rings. The van der Waals surface area contributed by atoms with Crippen LogP contribution in [0.1, 0.15) is 24.0 Å². The number of likely N-dealkylation sites (tertiary alicyclic amines) is 1. The SMILES string of the molecule is CN(CCN1CCCC1)C(=O)Cc1ccc(C#N)cc1. The van der Waals surface area contributed by atoms with Crippen molar-refractivity contribution in [2.24, 2.45) is 0 Å². The largest absolute Gasteiger partial charge is 0.344 e. The van der Waals surface area contributed by atoms with E-state index in [4.69, 9.17) is 5.26 Å². The van der Waals surface area contributed by atoms with Crippen LogP contribution in [0.25, 0.3) is 0 Å². The van der Waals surface area contributed by atoms with E-state index in [-0.39, 0.29) is 5.91 Å². The van der Waals surface area contributed by atoms with Crippen molar-refractivity contribution < 1.29 is 4.79 Å². The van der Waals surface area contributed by atoms with Crippen molar-refractivity contribution in [3.05, 3.63) is 35.4 Å². The minimum atomic E-state index is 0.133. The van der Waals surface area contributed by atoms with Crippen LogP contribution in [-0.2, 0) is 11.2 Å². The summed E-state index contributed by atoms with van der Waals surface area (Å²) in [6.45, 7) is 4.08. The van der Waals surface area contributed by atoms with Crippen LogP contribution in [-0.4, -0.2) is 48.9 Å². The molecule has 0 aromatic heterocycles. The van der Waals surface area contributed by atoms with Crippen LogP contribution in [0.5, 0.6) is 0 Å². The molecule has 0 bridgehead atoms. The molecular formula is C16H21N3O. The highest BCUT2D eigenvalue weighted by Gasteiger charge is 2.14. The van der Waals surface area contributed by atoms with Gasteiger partial charge in [0.25, 0.3) is 0 Å². The van der Waals surface area contributed by atoms with Gasteiger partial charge in [-0.3, -0.25) is 4.79 Å². The van der Waals surface area contributed by atoms with E-state index < -0.39 is 0 Å². The van der Waals surface area contributed by atoms with Gasteiger partial charge in [0.1, 0.15) is 0 Å². The molecule has 106 valence electrons. The van der Waals surface area contributed by atoms with Crippen molar-refractivity contribution in [1.29, 1.82) is 5.26 Å². The Labute approximate surface area is 120 Å². The smallest absolute Gasteiger partial charge is 0.226 e. The maximum Gasteiger partial charge on any atom is 0.226 e. The van der Waals surface area contributed by atoms with Crippen LogP contribution in [0.2, 0.25) is 0 Å². The zero-order chi connectivity index (χ0) is 14.4. The Morgan fingerprint density at radius 3 is 2.55 bits per heavy atom. The third-order valence-electron chi connectivity index (χ3n) is 3.81. The van der Waals surface area contributed by atoms with Gasteiger partial charge in [-0.2, -0.15) is 5.26 Å². The maximum atomic E-state index is 12.1. The van der Waals surface area contributed by atoms with E-state index in [0.29, 0.717) is 12.0 Å². The molecule has 1 aromatic rings. The molecule has 1 fully saturated rings. The molecule has 0 spiro atoms. The fourth-order valence-electron chi connectivity index (χ4n) is 2.43. The number of carbonyl (C=O) groups is 1. The molecule has 1 aromatic carbocycles. The van der Waals surface area contributed by atoms with Crippen molar-refractivity contribution in [3.8, 4) is 6.07 Å². The van der Waals surface area contributed by atoms with E-state index in [2.05, 4.69) is 11.0 Å². The van der Waals surface area contributed by atoms with Gasteiger partial charge in [0.15, 0.2) is 0 Å². The monoisotopic (exact) mass is 271 g/mol. The second kappa shape index (κ2) is 7.06. The van der Waals surface area contributed by atoms with Crippen molar-refractivity contribution in [2.45, 2.75) is 19.3 Å².